The third-order valence-electron chi connectivity index (χ3n) is 5.68. The number of piperidine rings is 2. The normalized spacial score (nSPS) is 25.2. The fourth-order valence-electron chi connectivity index (χ4n) is 4.01. The summed E-state index contributed by atoms with van der Waals surface area (Å²) in [6.45, 7) is 10.3. The molecule has 3 rings (SSSR count). The Morgan fingerprint density at radius 3 is 2.72 bits per heavy atom. The Labute approximate surface area is 151 Å². The van der Waals surface area contributed by atoms with Crippen molar-refractivity contribution in [2.24, 2.45) is 11.8 Å². The molecule has 1 amide bonds. The standard InChI is InChI=1S/C20H33N3O2/c1-20(2,3)18-13-17(22-25-18)11-16-14-21-8-7-15(16)12-19(24)23-9-5-4-6-10-23/h13,15-16,21H,4-12,14H2,1-3H3. The molecule has 1 N–H and O–H groups in total. The van der Waals surface area contributed by atoms with E-state index >= 15 is 0 Å². The molecule has 0 saturated carbocycles. The van der Waals surface area contributed by atoms with Gasteiger partial charge in [0.1, 0.15) is 5.76 Å². The van der Waals surface area contributed by atoms with Crippen LogP contribution in [0.4, 0.5) is 0 Å². The summed E-state index contributed by atoms with van der Waals surface area (Å²) in [5.74, 6) is 2.20. The van der Waals surface area contributed by atoms with Crippen LogP contribution in [-0.4, -0.2) is 42.1 Å². The molecule has 2 fully saturated rings. The Kier molecular flexibility index (Phi) is 5.82. The lowest BCUT2D eigenvalue weighted by Crippen LogP contribution is -2.42. The van der Waals surface area contributed by atoms with Gasteiger partial charge < -0.3 is 14.7 Å². The molecule has 1 aromatic rings. The van der Waals surface area contributed by atoms with E-state index in [-0.39, 0.29) is 5.41 Å². The van der Waals surface area contributed by atoms with Crippen molar-refractivity contribution >= 4 is 5.91 Å². The minimum absolute atomic E-state index is 0.0142. The molecule has 3 heterocycles. The number of likely N-dealkylation sites (tertiary alicyclic amines) is 1. The highest BCUT2D eigenvalue weighted by Gasteiger charge is 2.30. The molecular weight excluding hydrogens is 314 g/mol. The Morgan fingerprint density at radius 1 is 1.28 bits per heavy atom. The Balaban J connectivity index is 1.60. The molecular formula is C20H33N3O2. The largest absolute Gasteiger partial charge is 0.361 e. The molecule has 25 heavy (non-hydrogen) atoms. The van der Waals surface area contributed by atoms with E-state index in [0.717, 1.165) is 63.3 Å². The van der Waals surface area contributed by atoms with Gasteiger partial charge in [0.2, 0.25) is 5.91 Å². The van der Waals surface area contributed by atoms with Crippen molar-refractivity contribution in [2.45, 2.75) is 64.7 Å². The zero-order valence-electron chi connectivity index (χ0n) is 16.0. The summed E-state index contributed by atoms with van der Waals surface area (Å²) in [6, 6.07) is 2.10. The molecule has 5 nitrogen and oxygen atoms in total. The van der Waals surface area contributed by atoms with Crippen molar-refractivity contribution < 1.29 is 9.32 Å². The van der Waals surface area contributed by atoms with E-state index in [0.29, 0.717) is 24.2 Å². The van der Waals surface area contributed by atoms with Gasteiger partial charge >= 0.3 is 0 Å². The second-order valence-corrected chi connectivity index (χ2v) is 8.80. The minimum Gasteiger partial charge on any atom is -0.361 e. The van der Waals surface area contributed by atoms with E-state index in [9.17, 15) is 4.79 Å². The number of hydrogen-bond acceptors (Lipinski definition) is 4. The summed E-state index contributed by atoms with van der Waals surface area (Å²) in [4.78, 5) is 14.8. The van der Waals surface area contributed by atoms with Gasteiger partial charge in [-0.15, -0.1) is 0 Å². The fraction of sp³-hybridized carbons (Fsp3) is 0.800. The first-order chi connectivity index (χ1) is 11.9. The van der Waals surface area contributed by atoms with Crippen molar-refractivity contribution in [2.75, 3.05) is 26.2 Å². The fourth-order valence-corrected chi connectivity index (χ4v) is 4.01. The Bertz CT molecular complexity index is 570. The van der Waals surface area contributed by atoms with E-state index in [1.807, 2.05) is 0 Å². The number of nitrogens with one attached hydrogen (secondary N) is 1. The van der Waals surface area contributed by atoms with Gasteiger partial charge in [-0.2, -0.15) is 0 Å². The lowest BCUT2D eigenvalue weighted by Gasteiger charge is -2.34. The van der Waals surface area contributed by atoms with Gasteiger partial charge in [0.15, 0.2) is 0 Å². The van der Waals surface area contributed by atoms with E-state index in [4.69, 9.17) is 4.52 Å². The number of nitrogens with zero attached hydrogens (tertiary/aromatic N) is 2. The molecule has 0 aromatic carbocycles. The first-order valence-electron chi connectivity index (χ1n) is 9.88. The van der Waals surface area contributed by atoms with Gasteiger partial charge in [-0.1, -0.05) is 25.9 Å². The average molecular weight is 348 g/mol. The maximum Gasteiger partial charge on any atom is 0.222 e. The number of aromatic nitrogens is 1. The van der Waals surface area contributed by atoms with Crippen LogP contribution in [0, 0.1) is 11.8 Å². The van der Waals surface area contributed by atoms with E-state index < -0.39 is 0 Å². The number of amides is 1. The summed E-state index contributed by atoms with van der Waals surface area (Å²) >= 11 is 0. The molecule has 5 heteroatoms. The van der Waals surface area contributed by atoms with E-state index in [1.165, 1.54) is 6.42 Å². The highest BCUT2D eigenvalue weighted by Crippen LogP contribution is 2.29. The van der Waals surface area contributed by atoms with Gasteiger partial charge in [0.25, 0.3) is 0 Å². The molecule has 2 aliphatic rings. The monoisotopic (exact) mass is 347 g/mol. The highest BCUT2D eigenvalue weighted by molar-refractivity contribution is 5.76. The average Bonchev–Trinajstić information content (AvgIpc) is 3.06. The summed E-state index contributed by atoms with van der Waals surface area (Å²) < 4.78 is 5.54. The molecule has 2 atom stereocenters. The topological polar surface area (TPSA) is 58.4 Å². The van der Waals surface area contributed by atoms with Crippen molar-refractivity contribution in [1.29, 1.82) is 0 Å². The van der Waals surface area contributed by atoms with Gasteiger partial charge in [0.05, 0.1) is 5.69 Å². The van der Waals surface area contributed by atoms with Crippen LogP contribution in [0.1, 0.15) is 64.3 Å². The quantitative estimate of drug-likeness (QED) is 0.909. The van der Waals surface area contributed by atoms with Crippen LogP contribution in [0.5, 0.6) is 0 Å². The molecule has 2 aliphatic heterocycles. The smallest absolute Gasteiger partial charge is 0.222 e. The molecule has 0 bridgehead atoms. The van der Waals surface area contributed by atoms with Crippen LogP contribution in [-0.2, 0) is 16.6 Å². The Hall–Kier alpha value is -1.36. The van der Waals surface area contributed by atoms with Gasteiger partial charge in [-0.3, -0.25) is 4.79 Å². The lowest BCUT2D eigenvalue weighted by molar-refractivity contribution is -0.133. The Morgan fingerprint density at radius 2 is 2.04 bits per heavy atom. The summed E-state index contributed by atoms with van der Waals surface area (Å²) in [5, 5.41) is 7.77. The maximum atomic E-state index is 12.7. The maximum absolute atomic E-state index is 12.7. The second-order valence-electron chi connectivity index (χ2n) is 8.80. The summed E-state index contributed by atoms with van der Waals surface area (Å²) in [6.07, 6.45) is 6.25. The molecule has 1 aromatic heterocycles. The van der Waals surface area contributed by atoms with Gasteiger partial charge in [0, 0.05) is 31.0 Å². The van der Waals surface area contributed by atoms with Crippen molar-refractivity contribution in [3.8, 4) is 0 Å². The molecule has 0 spiro atoms. The number of carbonyl (C=O) groups is 1. The van der Waals surface area contributed by atoms with Crippen molar-refractivity contribution in [1.82, 2.24) is 15.4 Å². The van der Waals surface area contributed by atoms with Crippen molar-refractivity contribution in [3.63, 3.8) is 0 Å². The van der Waals surface area contributed by atoms with Crippen LogP contribution in [0.25, 0.3) is 0 Å². The van der Waals surface area contributed by atoms with Crippen LogP contribution in [0.3, 0.4) is 0 Å². The predicted octanol–water partition coefficient (Wildman–Crippen LogP) is 3.14. The first-order valence-corrected chi connectivity index (χ1v) is 9.88. The van der Waals surface area contributed by atoms with Crippen LogP contribution < -0.4 is 5.32 Å². The zero-order valence-corrected chi connectivity index (χ0v) is 16.0. The van der Waals surface area contributed by atoms with Gasteiger partial charge in [-0.05, 0) is 57.0 Å². The molecule has 0 aliphatic carbocycles. The third kappa shape index (κ3) is 4.84. The molecule has 2 unspecified atom stereocenters. The van der Waals surface area contributed by atoms with Gasteiger partial charge in [-0.25, -0.2) is 0 Å². The lowest BCUT2D eigenvalue weighted by atomic mass is 9.80. The minimum atomic E-state index is -0.0142. The zero-order chi connectivity index (χ0) is 17.9. The van der Waals surface area contributed by atoms with E-state index in [1.54, 1.807) is 0 Å². The van der Waals surface area contributed by atoms with Crippen LogP contribution >= 0.6 is 0 Å². The number of rotatable bonds is 4. The first kappa shape index (κ1) is 18.4. The number of carbonyl (C=O) groups excluding carboxylic acids is 1. The number of hydrogen-bond donors (Lipinski definition) is 1. The van der Waals surface area contributed by atoms with Crippen LogP contribution in [0.15, 0.2) is 10.6 Å². The highest BCUT2D eigenvalue weighted by atomic mass is 16.5. The molecule has 2 saturated heterocycles. The SMILES string of the molecule is CC(C)(C)c1cc(CC2CNCCC2CC(=O)N2CCCCC2)no1. The second kappa shape index (κ2) is 7.90. The summed E-state index contributed by atoms with van der Waals surface area (Å²) in [7, 11) is 0. The molecule has 0 radical (unpaired) electrons. The third-order valence-corrected chi connectivity index (χ3v) is 5.68. The van der Waals surface area contributed by atoms with E-state index in [2.05, 4.69) is 42.2 Å². The van der Waals surface area contributed by atoms with Crippen molar-refractivity contribution in [3.05, 3.63) is 17.5 Å². The van der Waals surface area contributed by atoms with Crippen LogP contribution in [0.2, 0.25) is 0 Å². The predicted molar refractivity (Wildman–Crippen MR) is 98.4 cm³/mol. The molecule has 140 valence electrons. The summed E-state index contributed by atoms with van der Waals surface area (Å²) in [5.41, 5.74) is 1.01.